The lowest BCUT2D eigenvalue weighted by atomic mass is 10.0. The average Bonchev–Trinajstić information content (AvgIpc) is 2.52. The van der Waals surface area contributed by atoms with Gasteiger partial charge >= 0.3 is 0 Å². The number of nitrogens with one attached hydrogen (secondary N) is 1. The summed E-state index contributed by atoms with van der Waals surface area (Å²) in [7, 11) is 0. The van der Waals surface area contributed by atoms with Gasteiger partial charge in [-0.2, -0.15) is 0 Å². The summed E-state index contributed by atoms with van der Waals surface area (Å²) in [5.41, 5.74) is 1.25. The van der Waals surface area contributed by atoms with Crippen LogP contribution >= 0.6 is 24.2 Å². The van der Waals surface area contributed by atoms with E-state index in [4.69, 9.17) is 0 Å². The number of aryl methyl sites for hydroxylation is 1. The smallest absolute Gasteiger partial charge is 0.233 e. The molecule has 22 heavy (non-hydrogen) atoms. The lowest BCUT2D eigenvalue weighted by Gasteiger charge is -2.34. The van der Waals surface area contributed by atoms with E-state index in [9.17, 15) is 4.79 Å². The summed E-state index contributed by atoms with van der Waals surface area (Å²) in [6, 6.07) is 8.71. The largest absolute Gasteiger partial charge is 0.339 e. The summed E-state index contributed by atoms with van der Waals surface area (Å²) in [4.78, 5) is 15.9. The second kappa shape index (κ2) is 10.1. The van der Waals surface area contributed by atoms with E-state index in [2.05, 4.69) is 36.2 Å². The molecule has 1 aliphatic rings. The van der Waals surface area contributed by atoms with Gasteiger partial charge in [0, 0.05) is 17.5 Å². The number of thioether (sulfide) groups is 1. The third-order valence-electron chi connectivity index (χ3n) is 3.98. The van der Waals surface area contributed by atoms with Crippen LogP contribution in [0, 0.1) is 6.92 Å². The molecule has 0 aliphatic carbocycles. The minimum Gasteiger partial charge on any atom is -0.339 e. The monoisotopic (exact) mass is 342 g/mol. The van der Waals surface area contributed by atoms with Crippen LogP contribution in [-0.4, -0.2) is 42.2 Å². The molecule has 0 unspecified atom stereocenters. The first-order chi connectivity index (χ1) is 10.2. The van der Waals surface area contributed by atoms with Crippen molar-refractivity contribution in [2.45, 2.75) is 44.0 Å². The van der Waals surface area contributed by atoms with E-state index in [0.717, 1.165) is 38.9 Å². The van der Waals surface area contributed by atoms with Gasteiger partial charge in [0.2, 0.25) is 5.91 Å². The second-order valence-corrected chi connectivity index (χ2v) is 6.64. The van der Waals surface area contributed by atoms with Gasteiger partial charge in [-0.25, -0.2) is 0 Å². The highest BCUT2D eigenvalue weighted by Crippen LogP contribution is 2.23. The summed E-state index contributed by atoms with van der Waals surface area (Å²) in [6.45, 7) is 7.20. The number of amides is 1. The molecule has 0 atom stereocenters. The van der Waals surface area contributed by atoms with Crippen molar-refractivity contribution in [1.82, 2.24) is 10.2 Å². The van der Waals surface area contributed by atoms with Crippen molar-refractivity contribution in [2.75, 3.05) is 25.4 Å². The first-order valence-electron chi connectivity index (χ1n) is 7.91. The Balaban J connectivity index is 0.00000242. The topological polar surface area (TPSA) is 32.3 Å². The molecule has 1 aromatic carbocycles. The molecule has 1 N–H and O–H groups in total. The van der Waals surface area contributed by atoms with Crippen LogP contribution < -0.4 is 5.32 Å². The predicted molar refractivity (Wildman–Crippen MR) is 97.0 cm³/mol. The third kappa shape index (κ3) is 5.49. The molecular weight excluding hydrogens is 316 g/mol. The fraction of sp³-hybridized carbons (Fsp3) is 0.588. The minimum absolute atomic E-state index is 0. The van der Waals surface area contributed by atoms with Gasteiger partial charge in [0.05, 0.1) is 5.75 Å². The van der Waals surface area contributed by atoms with Gasteiger partial charge in [-0.1, -0.05) is 25.1 Å². The van der Waals surface area contributed by atoms with E-state index >= 15 is 0 Å². The fourth-order valence-electron chi connectivity index (χ4n) is 2.81. The lowest BCUT2D eigenvalue weighted by Crippen LogP contribution is -2.47. The molecule has 0 bridgehead atoms. The van der Waals surface area contributed by atoms with Gasteiger partial charge in [-0.05, 0) is 50.9 Å². The van der Waals surface area contributed by atoms with Crippen LogP contribution in [0.2, 0.25) is 0 Å². The van der Waals surface area contributed by atoms with Crippen molar-refractivity contribution in [3.8, 4) is 0 Å². The zero-order valence-corrected chi connectivity index (χ0v) is 15.1. The maximum Gasteiger partial charge on any atom is 0.233 e. The Bertz CT molecular complexity index is 464. The van der Waals surface area contributed by atoms with E-state index in [1.54, 1.807) is 11.8 Å². The molecule has 1 amide bonds. The van der Waals surface area contributed by atoms with Crippen LogP contribution in [0.4, 0.5) is 0 Å². The minimum atomic E-state index is 0. The van der Waals surface area contributed by atoms with Gasteiger partial charge in [0.1, 0.15) is 0 Å². The zero-order chi connectivity index (χ0) is 15.1. The third-order valence-corrected chi connectivity index (χ3v) is 5.14. The summed E-state index contributed by atoms with van der Waals surface area (Å²) in [6.07, 6.45) is 3.20. The SMILES string of the molecule is CCCN(C(=O)CSc1ccccc1C)C1CCNCC1.Cl. The Labute approximate surface area is 144 Å². The number of halogens is 1. The number of benzene rings is 1. The summed E-state index contributed by atoms with van der Waals surface area (Å²) in [5.74, 6) is 0.839. The van der Waals surface area contributed by atoms with Crippen LogP contribution in [0.3, 0.4) is 0 Å². The lowest BCUT2D eigenvalue weighted by molar-refractivity contribution is -0.131. The molecule has 0 radical (unpaired) electrons. The number of carbonyl (C=O) groups excluding carboxylic acids is 1. The summed E-state index contributed by atoms with van der Waals surface area (Å²) >= 11 is 1.67. The molecule has 3 nitrogen and oxygen atoms in total. The Morgan fingerprint density at radius 3 is 2.64 bits per heavy atom. The van der Waals surface area contributed by atoms with Crippen molar-refractivity contribution in [2.24, 2.45) is 0 Å². The number of piperidine rings is 1. The Kier molecular flexibility index (Phi) is 8.91. The molecule has 0 aromatic heterocycles. The van der Waals surface area contributed by atoms with Crippen molar-refractivity contribution in [1.29, 1.82) is 0 Å². The van der Waals surface area contributed by atoms with Crippen molar-refractivity contribution in [3.63, 3.8) is 0 Å². The number of hydrogen-bond acceptors (Lipinski definition) is 3. The van der Waals surface area contributed by atoms with Crippen molar-refractivity contribution >= 4 is 30.1 Å². The Morgan fingerprint density at radius 1 is 1.32 bits per heavy atom. The Hall–Kier alpha value is -0.710. The number of rotatable bonds is 6. The molecule has 0 saturated carbocycles. The second-order valence-electron chi connectivity index (χ2n) is 5.62. The zero-order valence-electron chi connectivity index (χ0n) is 13.5. The highest BCUT2D eigenvalue weighted by molar-refractivity contribution is 8.00. The van der Waals surface area contributed by atoms with Gasteiger partial charge in [-0.15, -0.1) is 24.2 Å². The maximum atomic E-state index is 12.6. The molecule has 1 aromatic rings. The van der Waals surface area contributed by atoms with Crippen LogP contribution in [0.25, 0.3) is 0 Å². The van der Waals surface area contributed by atoms with E-state index < -0.39 is 0 Å². The number of hydrogen-bond donors (Lipinski definition) is 1. The normalized spacial score (nSPS) is 15.2. The van der Waals surface area contributed by atoms with E-state index in [0.29, 0.717) is 11.8 Å². The van der Waals surface area contributed by atoms with Crippen LogP contribution in [-0.2, 0) is 4.79 Å². The molecule has 1 heterocycles. The van der Waals surface area contributed by atoms with Gasteiger partial charge in [-0.3, -0.25) is 4.79 Å². The average molecular weight is 343 g/mol. The van der Waals surface area contributed by atoms with Gasteiger partial charge in [0.25, 0.3) is 0 Å². The molecule has 5 heteroatoms. The van der Waals surface area contributed by atoms with E-state index in [1.807, 2.05) is 12.1 Å². The molecule has 2 rings (SSSR count). The van der Waals surface area contributed by atoms with E-state index in [1.165, 1.54) is 10.5 Å². The van der Waals surface area contributed by atoms with Crippen LogP contribution in [0.1, 0.15) is 31.7 Å². The standard InChI is InChI=1S/C17H26N2OS.ClH/c1-3-12-19(15-8-10-18-11-9-15)17(20)13-21-16-7-5-4-6-14(16)2;/h4-7,15,18H,3,8-13H2,1-2H3;1H. The van der Waals surface area contributed by atoms with Gasteiger partial charge in [0.15, 0.2) is 0 Å². The molecule has 1 saturated heterocycles. The highest BCUT2D eigenvalue weighted by Gasteiger charge is 2.24. The Morgan fingerprint density at radius 2 is 2.00 bits per heavy atom. The quantitative estimate of drug-likeness (QED) is 0.803. The highest BCUT2D eigenvalue weighted by atomic mass is 35.5. The molecule has 1 aliphatic heterocycles. The molecular formula is C17H27ClN2OS. The number of nitrogens with zero attached hydrogens (tertiary/aromatic N) is 1. The molecule has 124 valence electrons. The van der Waals surface area contributed by atoms with E-state index in [-0.39, 0.29) is 18.3 Å². The van der Waals surface area contributed by atoms with Crippen molar-refractivity contribution < 1.29 is 4.79 Å². The number of carbonyl (C=O) groups is 1. The molecule has 1 fully saturated rings. The van der Waals surface area contributed by atoms with Crippen LogP contribution in [0.5, 0.6) is 0 Å². The molecule has 0 spiro atoms. The first-order valence-corrected chi connectivity index (χ1v) is 8.89. The van der Waals surface area contributed by atoms with Crippen LogP contribution in [0.15, 0.2) is 29.2 Å². The predicted octanol–water partition coefficient (Wildman–Crippen LogP) is 3.50. The first kappa shape index (κ1) is 19.3. The summed E-state index contributed by atoms with van der Waals surface area (Å²) < 4.78 is 0. The van der Waals surface area contributed by atoms with Crippen molar-refractivity contribution in [3.05, 3.63) is 29.8 Å². The maximum absolute atomic E-state index is 12.6. The summed E-state index contributed by atoms with van der Waals surface area (Å²) in [5, 5.41) is 3.37. The fourth-order valence-corrected chi connectivity index (χ4v) is 3.73. The van der Waals surface area contributed by atoms with Gasteiger partial charge < -0.3 is 10.2 Å².